The van der Waals surface area contributed by atoms with Gasteiger partial charge in [0.15, 0.2) is 0 Å². The molecule has 1 N–H and O–H groups in total. The summed E-state index contributed by atoms with van der Waals surface area (Å²) in [6.45, 7) is 1.48. The largest absolute Gasteiger partial charge is 0.335 e. The quantitative estimate of drug-likeness (QED) is 0.865. The average Bonchev–Trinajstić information content (AvgIpc) is 3.04. The van der Waals surface area contributed by atoms with Gasteiger partial charge in [-0.1, -0.05) is 36.4 Å². The zero-order valence-corrected chi connectivity index (χ0v) is 14.5. The monoisotopic (exact) mass is 334 g/mol. The van der Waals surface area contributed by atoms with E-state index in [4.69, 9.17) is 0 Å². The molecule has 128 valence electrons. The molecule has 2 aromatic rings. The van der Waals surface area contributed by atoms with E-state index in [1.807, 2.05) is 48.3 Å². The van der Waals surface area contributed by atoms with E-state index < -0.39 is 0 Å². The first-order valence-corrected chi connectivity index (χ1v) is 8.45. The smallest absolute Gasteiger partial charge is 0.246 e. The molecular formula is C21H22N2O2. The van der Waals surface area contributed by atoms with Crippen molar-refractivity contribution in [3.05, 3.63) is 71.3 Å². The molecule has 1 aliphatic rings. The van der Waals surface area contributed by atoms with Gasteiger partial charge in [0.25, 0.3) is 0 Å². The molecule has 0 fully saturated rings. The first kappa shape index (κ1) is 17.0. The Kier molecular flexibility index (Phi) is 4.98. The normalized spacial score (nSPS) is 15.8. The summed E-state index contributed by atoms with van der Waals surface area (Å²) in [6.07, 6.45) is 5.40. The van der Waals surface area contributed by atoms with Crippen LogP contribution in [0.1, 0.15) is 36.1 Å². The molecule has 1 unspecified atom stereocenters. The van der Waals surface area contributed by atoms with Crippen LogP contribution in [-0.2, 0) is 16.0 Å². The van der Waals surface area contributed by atoms with Crippen LogP contribution in [0.3, 0.4) is 0 Å². The number of nitrogens with zero attached hydrogens (tertiary/aromatic N) is 1. The molecule has 0 heterocycles. The maximum absolute atomic E-state index is 12.5. The van der Waals surface area contributed by atoms with Crippen LogP contribution >= 0.6 is 0 Å². The molecule has 0 saturated carbocycles. The Balaban J connectivity index is 1.65. The fourth-order valence-electron chi connectivity index (χ4n) is 3.26. The highest BCUT2D eigenvalue weighted by Crippen LogP contribution is 2.34. The lowest BCUT2D eigenvalue weighted by Gasteiger charge is -2.24. The number of fused-ring (bicyclic) bond motifs is 1. The Hall–Kier alpha value is -2.88. The van der Waals surface area contributed by atoms with Gasteiger partial charge in [0, 0.05) is 25.7 Å². The highest BCUT2D eigenvalue weighted by molar-refractivity contribution is 5.92. The van der Waals surface area contributed by atoms with Crippen molar-refractivity contribution in [3.63, 3.8) is 0 Å². The lowest BCUT2D eigenvalue weighted by Crippen LogP contribution is -2.28. The van der Waals surface area contributed by atoms with Gasteiger partial charge in [-0.2, -0.15) is 0 Å². The van der Waals surface area contributed by atoms with E-state index >= 15 is 0 Å². The fraction of sp³-hybridized carbons (Fsp3) is 0.238. The second-order valence-corrected chi connectivity index (χ2v) is 6.34. The third-order valence-electron chi connectivity index (χ3n) is 4.57. The zero-order chi connectivity index (χ0) is 17.8. The van der Waals surface area contributed by atoms with Crippen molar-refractivity contribution >= 4 is 23.6 Å². The van der Waals surface area contributed by atoms with Crippen molar-refractivity contribution in [2.75, 3.05) is 12.4 Å². The Morgan fingerprint density at radius 2 is 1.84 bits per heavy atom. The molecule has 4 heteroatoms. The molecule has 0 bridgehead atoms. The topological polar surface area (TPSA) is 49.4 Å². The van der Waals surface area contributed by atoms with Gasteiger partial charge in [-0.05, 0) is 47.7 Å². The molecule has 25 heavy (non-hydrogen) atoms. The third-order valence-corrected chi connectivity index (χ3v) is 4.57. The summed E-state index contributed by atoms with van der Waals surface area (Å²) in [4.78, 5) is 25.3. The van der Waals surface area contributed by atoms with Crippen molar-refractivity contribution in [2.45, 2.75) is 25.8 Å². The maximum Gasteiger partial charge on any atom is 0.246 e. The van der Waals surface area contributed by atoms with Crippen molar-refractivity contribution in [2.24, 2.45) is 0 Å². The van der Waals surface area contributed by atoms with Crippen LogP contribution in [0.25, 0.3) is 6.08 Å². The van der Waals surface area contributed by atoms with Gasteiger partial charge in [0.1, 0.15) is 0 Å². The number of hydrogen-bond acceptors (Lipinski definition) is 2. The van der Waals surface area contributed by atoms with Crippen LogP contribution in [0.2, 0.25) is 0 Å². The Morgan fingerprint density at radius 1 is 1.12 bits per heavy atom. The number of aryl methyl sites for hydroxylation is 1. The van der Waals surface area contributed by atoms with Crippen molar-refractivity contribution in [3.8, 4) is 0 Å². The van der Waals surface area contributed by atoms with Crippen LogP contribution in [0.15, 0.2) is 54.6 Å². The first-order valence-electron chi connectivity index (χ1n) is 8.45. The Labute approximate surface area is 148 Å². The Morgan fingerprint density at radius 3 is 2.56 bits per heavy atom. The summed E-state index contributed by atoms with van der Waals surface area (Å²) in [5, 5.41) is 2.72. The number of nitrogens with one attached hydrogen (secondary N) is 1. The van der Waals surface area contributed by atoms with E-state index in [1.165, 1.54) is 18.1 Å². The lowest BCUT2D eigenvalue weighted by molar-refractivity contribution is -0.126. The van der Waals surface area contributed by atoms with Gasteiger partial charge in [0.05, 0.1) is 6.04 Å². The van der Waals surface area contributed by atoms with Gasteiger partial charge >= 0.3 is 0 Å². The van der Waals surface area contributed by atoms with E-state index in [0.29, 0.717) is 0 Å². The number of likely N-dealkylation sites (N-methyl/N-ethyl adjacent to an activating group) is 1. The van der Waals surface area contributed by atoms with E-state index in [1.54, 1.807) is 12.2 Å². The van der Waals surface area contributed by atoms with Crippen molar-refractivity contribution in [1.29, 1.82) is 0 Å². The molecule has 1 atom stereocenters. The molecule has 1 aliphatic carbocycles. The summed E-state index contributed by atoms with van der Waals surface area (Å²) in [5.74, 6) is -0.107. The van der Waals surface area contributed by atoms with Gasteiger partial charge in [-0.3, -0.25) is 9.59 Å². The molecule has 0 radical (unpaired) electrons. The Bertz CT molecular complexity index is 809. The molecule has 2 amide bonds. The van der Waals surface area contributed by atoms with Crippen LogP contribution < -0.4 is 5.32 Å². The van der Waals surface area contributed by atoms with Crippen molar-refractivity contribution in [1.82, 2.24) is 4.90 Å². The number of rotatable bonds is 4. The number of amides is 2. The van der Waals surface area contributed by atoms with E-state index in [2.05, 4.69) is 17.4 Å². The standard InChI is InChI=1S/C21H22N2O2/c1-15(24)22-18-11-7-16(8-12-18)9-14-21(25)23(2)20-13-10-17-5-3-4-6-19(17)20/h3-9,11-12,14,20H,10,13H2,1-2H3,(H,22,24)/b14-9+. The van der Waals surface area contributed by atoms with Crippen molar-refractivity contribution < 1.29 is 9.59 Å². The SMILES string of the molecule is CC(=O)Nc1ccc(/C=C/C(=O)N(C)C2CCc3ccccc32)cc1. The van der Waals surface area contributed by atoms with Gasteiger partial charge < -0.3 is 10.2 Å². The molecule has 2 aromatic carbocycles. The molecule has 4 nitrogen and oxygen atoms in total. The zero-order valence-electron chi connectivity index (χ0n) is 14.5. The second-order valence-electron chi connectivity index (χ2n) is 6.34. The summed E-state index contributed by atoms with van der Waals surface area (Å²) in [7, 11) is 1.86. The van der Waals surface area contributed by atoms with Gasteiger partial charge in [-0.25, -0.2) is 0 Å². The summed E-state index contributed by atoms with van der Waals surface area (Å²) < 4.78 is 0. The predicted molar refractivity (Wildman–Crippen MR) is 100 cm³/mol. The van der Waals surface area contributed by atoms with E-state index in [9.17, 15) is 9.59 Å². The average molecular weight is 334 g/mol. The number of carbonyl (C=O) groups excluding carboxylic acids is 2. The van der Waals surface area contributed by atoms with E-state index in [-0.39, 0.29) is 17.9 Å². The second kappa shape index (κ2) is 7.34. The number of hydrogen-bond donors (Lipinski definition) is 1. The predicted octanol–water partition coefficient (Wildman–Crippen LogP) is 3.80. The highest BCUT2D eigenvalue weighted by atomic mass is 16.2. The number of carbonyl (C=O) groups is 2. The van der Waals surface area contributed by atoms with Crippen LogP contribution in [-0.4, -0.2) is 23.8 Å². The minimum absolute atomic E-state index is 0.00681. The number of benzene rings is 2. The molecule has 0 saturated heterocycles. The summed E-state index contributed by atoms with van der Waals surface area (Å²) in [5.41, 5.74) is 4.26. The fourth-order valence-corrected chi connectivity index (χ4v) is 3.26. The van der Waals surface area contributed by atoms with Crippen LogP contribution in [0.5, 0.6) is 0 Å². The minimum Gasteiger partial charge on any atom is -0.335 e. The molecular weight excluding hydrogens is 312 g/mol. The summed E-state index contributed by atoms with van der Waals surface area (Å²) >= 11 is 0. The lowest BCUT2D eigenvalue weighted by atomic mass is 10.1. The van der Waals surface area contributed by atoms with Gasteiger partial charge in [0.2, 0.25) is 11.8 Å². The van der Waals surface area contributed by atoms with Crippen LogP contribution in [0.4, 0.5) is 5.69 Å². The number of anilines is 1. The minimum atomic E-state index is -0.100. The first-order chi connectivity index (χ1) is 12.0. The van der Waals surface area contributed by atoms with Crippen LogP contribution in [0, 0.1) is 0 Å². The van der Waals surface area contributed by atoms with Gasteiger partial charge in [-0.15, -0.1) is 0 Å². The maximum atomic E-state index is 12.5. The molecule has 0 aliphatic heterocycles. The molecule has 0 aromatic heterocycles. The molecule has 0 spiro atoms. The van der Waals surface area contributed by atoms with E-state index in [0.717, 1.165) is 24.1 Å². The molecule has 3 rings (SSSR count). The summed E-state index contributed by atoms with van der Waals surface area (Å²) in [6, 6.07) is 15.9. The highest BCUT2D eigenvalue weighted by Gasteiger charge is 2.27. The third kappa shape index (κ3) is 3.97.